The van der Waals surface area contributed by atoms with E-state index in [1.807, 2.05) is 30.3 Å². The molecule has 3 heterocycles. The van der Waals surface area contributed by atoms with Gasteiger partial charge in [0.2, 0.25) is 0 Å². The molecular weight excluding hydrogens is 328 g/mol. The van der Waals surface area contributed by atoms with Crippen LogP contribution in [0, 0.1) is 0 Å². The molecule has 1 saturated heterocycles. The normalized spacial score (nSPS) is 18.8. The summed E-state index contributed by atoms with van der Waals surface area (Å²) in [6.07, 6.45) is 0. The molecule has 0 bridgehead atoms. The molecule has 4 rings (SSSR count). The Balaban J connectivity index is 1.60. The predicted octanol–water partition coefficient (Wildman–Crippen LogP) is 2.36. The number of piperazine rings is 1. The maximum Gasteiger partial charge on any atom is 0.276 e. The van der Waals surface area contributed by atoms with E-state index in [0.717, 1.165) is 30.9 Å². The van der Waals surface area contributed by atoms with Gasteiger partial charge in [0, 0.05) is 25.2 Å². The number of hydrogen-bond donors (Lipinski definition) is 2. The second-order valence-corrected chi connectivity index (χ2v) is 6.21. The zero-order chi connectivity index (χ0) is 16.5. The summed E-state index contributed by atoms with van der Waals surface area (Å²) in [7, 11) is 2.06. The van der Waals surface area contributed by atoms with E-state index in [1.54, 1.807) is 0 Å². The highest BCUT2D eigenvalue weighted by atomic mass is 35.5. The third-order valence-electron chi connectivity index (χ3n) is 4.21. The van der Waals surface area contributed by atoms with Crippen molar-refractivity contribution in [2.24, 2.45) is 0 Å². The molecule has 0 aliphatic carbocycles. The number of likely N-dealkylation sites (N-methyl/N-ethyl adjacent to an activating group) is 1. The van der Waals surface area contributed by atoms with Crippen LogP contribution in [0.15, 0.2) is 34.9 Å². The van der Waals surface area contributed by atoms with Gasteiger partial charge in [-0.3, -0.25) is 10.00 Å². The van der Waals surface area contributed by atoms with E-state index in [4.69, 9.17) is 16.1 Å². The minimum Gasteiger partial charge on any atom is -0.332 e. The summed E-state index contributed by atoms with van der Waals surface area (Å²) in [5, 5.41) is 15.4. The summed E-state index contributed by atoms with van der Waals surface area (Å²) in [5.41, 5.74) is 2.28. The van der Waals surface area contributed by atoms with Crippen molar-refractivity contribution in [1.29, 1.82) is 0 Å². The second kappa shape index (κ2) is 6.35. The molecule has 0 saturated carbocycles. The van der Waals surface area contributed by atoms with Gasteiger partial charge in [0.05, 0.1) is 16.8 Å². The van der Waals surface area contributed by atoms with Crippen LogP contribution >= 0.6 is 11.6 Å². The molecule has 124 valence electrons. The van der Waals surface area contributed by atoms with Gasteiger partial charge in [-0.25, -0.2) is 0 Å². The number of nitrogens with one attached hydrogen (secondary N) is 2. The summed E-state index contributed by atoms with van der Waals surface area (Å²) in [6, 6.07) is 9.54. The number of hydrogen-bond acceptors (Lipinski definition) is 6. The van der Waals surface area contributed by atoms with E-state index in [1.165, 1.54) is 0 Å². The Morgan fingerprint density at radius 2 is 2.21 bits per heavy atom. The van der Waals surface area contributed by atoms with E-state index < -0.39 is 0 Å². The first kappa shape index (κ1) is 15.3. The zero-order valence-corrected chi connectivity index (χ0v) is 13.9. The van der Waals surface area contributed by atoms with Gasteiger partial charge < -0.3 is 9.84 Å². The van der Waals surface area contributed by atoms with Crippen molar-refractivity contribution in [3.63, 3.8) is 0 Å². The molecule has 3 aromatic rings. The lowest BCUT2D eigenvalue weighted by atomic mass is 10.1. The predicted molar refractivity (Wildman–Crippen MR) is 90.6 cm³/mol. The van der Waals surface area contributed by atoms with Crippen molar-refractivity contribution in [3.05, 3.63) is 41.2 Å². The van der Waals surface area contributed by atoms with Crippen molar-refractivity contribution >= 4 is 11.6 Å². The Hall–Kier alpha value is -2.22. The number of benzene rings is 1. The molecular formula is C16H17ClN6O. The summed E-state index contributed by atoms with van der Waals surface area (Å²) >= 11 is 6.22. The van der Waals surface area contributed by atoms with Crippen LogP contribution in [0.2, 0.25) is 5.02 Å². The van der Waals surface area contributed by atoms with Crippen molar-refractivity contribution in [2.75, 3.05) is 26.7 Å². The molecule has 2 N–H and O–H groups in total. The monoisotopic (exact) mass is 344 g/mol. The molecule has 1 aliphatic heterocycles. The quantitative estimate of drug-likeness (QED) is 0.759. The minimum atomic E-state index is 0.113. The Morgan fingerprint density at radius 3 is 3.04 bits per heavy atom. The van der Waals surface area contributed by atoms with E-state index >= 15 is 0 Å². The third kappa shape index (κ3) is 2.82. The lowest BCUT2D eigenvalue weighted by Crippen LogP contribution is -2.44. The summed E-state index contributed by atoms with van der Waals surface area (Å²) < 4.78 is 5.41. The number of aromatic amines is 1. The zero-order valence-electron chi connectivity index (χ0n) is 13.2. The van der Waals surface area contributed by atoms with Crippen LogP contribution < -0.4 is 5.32 Å². The smallest absolute Gasteiger partial charge is 0.276 e. The molecule has 1 fully saturated rings. The van der Waals surface area contributed by atoms with Gasteiger partial charge in [0.25, 0.3) is 5.89 Å². The van der Waals surface area contributed by atoms with Gasteiger partial charge in [-0.2, -0.15) is 10.1 Å². The van der Waals surface area contributed by atoms with Crippen LogP contribution in [0.25, 0.3) is 22.8 Å². The van der Waals surface area contributed by atoms with E-state index in [0.29, 0.717) is 22.4 Å². The van der Waals surface area contributed by atoms with Crippen LogP contribution in [0.1, 0.15) is 11.9 Å². The second-order valence-electron chi connectivity index (χ2n) is 5.80. The Kier molecular flexibility index (Phi) is 4.05. The van der Waals surface area contributed by atoms with Gasteiger partial charge in [-0.15, -0.1) is 0 Å². The van der Waals surface area contributed by atoms with Gasteiger partial charge in [0.1, 0.15) is 5.69 Å². The molecule has 1 atom stereocenters. The first-order valence-electron chi connectivity index (χ1n) is 7.77. The first-order chi connectivity index (χ1) is 11.7. The first-order valence-corrected chi connectivity index (χ1v) is 8.15. The molecule has 24 heavy (non-hydrogen) atoms. The van der Waals surface area contributed by atoms with Gasteiger partial charge >= 0.3 is 0 Å². The highest BCUT2D eigenvalue weighted by Crippen LogP contribution is 2.29. The van der Waals surface area contributed by atoms with Crippen LogP contribution in [0.5, 0.6) is 0 Å². The molecule has 0 spiro atoms. The molecule has 1 unspecified atom stereocenters. The maximum atomic E-state index is 6.22. The van der Waals surface area contributed by atoms with Gasteiger partial charge in [-0.05, 0) is 19.2 Å². The maximum absolute atomic E-state index is 6.22. The molecule has 0 radical (unpaired) electrons. The average Bonchev–Trinajstić information content (AvgIpc) is 3.25. The molecule has 1 aliphatic rings. The fraction of sp³-hybridized carbons (Fsp3) is 0.312. The fourth-order valence-electron chi connectivity index (χ4n) is 2.81. The largest absolute Gasteiger partial charge is 0.332 e. The minimum absolute atomic E-state index is 0.113. The lowest BCUT2D eigenvalue weighted by Gasteiger charge is -2.30. The number of nitrogens with zero attached hydrogens (tertiary/aromatic N) is 4. The van der Waals surface area contributed by atoms with E-state index in [-0.39, 0.29) is 6.04 Å². The number of aromatic nitrogens is 4. The summed E-state index contributed by atoms with van der Waals surface area (Å²) in [5.74, 6) is 1.10. The van der Waals surface area contributed by atoms with E-state index in [9.17, 15) is 0 Å². The van der Waals surface area contributed by atoms with Crippen molar-refractivity contribution < 1.29 is 4.52 Å². The van der Waals surface area contributed by atoms with Crippen molar-refractivity contribution in [1.82, 2.24) is 30.6 Å². The highest BCUT2D eigenvalue weighted by molar-refractivity contribution is 6.33. The number of H-pyrrole nitrogens is 1. The highest BCUT2D eigenvalue weighted by Gasteiger charge is 2.26. The Labute approximate surface area is 144 Å². The van der Waals surface area contributed by atoms with Crippen LogP contribution in [-0.4, -0.2) is 51.9 Å². The fourth-order valence-corrected chi connectivity index (χ4v) is 3.04. The van der Waals surface area contributed by atoms with Crippen LogP contribution in [-0.2, 0) is 0 Å². The SMILES string of the molecule is CN1CCNCC1c1noc(-c2cc(-c3ccccc3Cl)n[nH]2)n1. The van der Waals surface area contributed by atoms with Gasteiger partial charge in [-0.1, -0.05) is 35.0 Å². The Morgan fingerprint density at radius 1 is 1.33 bits per heavy atom. The van der Waals surface area contributed by atoms with E-state index in [2.05, 4.69) is 37.6 Å². The third-order valence-corrected chi connectivity index (χ3v) is 4.54. The van der Waals surface area contributed by atoms with Crippen molar-refractivity contribution in [3.8, 4) is 22.8 Å². The molecule has 2 aromatic heterocycles. The molecule has 0 amide bonds. The van der Waals surface area contributed by atoms with Crippen LogP contribution in [0.3, 0.4) is 0 Å². The molecule has 8 heteroatoms. The summed E-state index contributed by atoms with van der Waals surface area (Å²) in [4.78, 5) is 6.74. The van der Waals surface area contributed by atoms with Gasteiger partial charge in [0.15, 0.2) is 5.82 Å². The standard InChI is InChI=1S/C16H17ClN6O/c1-23-7-6-18-9-14(23)15-19-16(24-22-15)13-8-12(20-21-13)10-4-2-3-5-11(10)17/h2-5,8,14,18H,6-7,9H2,1H3,(H,20,21). The van der Waals surface area contributed by atoms with Crippen molar-refractivity contribution in [2.45, 2.75) is 6.04 Å². The molecule has 1 aromatic carbocycles. The number of halogens is 1. The van der Waals surface area contributed by atoms with Crippen LogP contribution in [0.4, 0.5) is 0 Å². The number of rotatable bonds is 3. The Bertz CT molecular complexity index is 844. The topological polar surface area (TPSA) is 82.9 Å². The summed E-state index contributed by atoms with van der Waals surface area (Å²) in [6.45, 7) is 2.73. The molecule has 7 nitrogen and oxygen atoms in total. The lowest BCUT2D eigenvalue weighted by molar-refractivity contribution is 0.190. The average molecular weight is 345 g/mol.